The van der Waals surface area contributed by atoms with Gasteiger partial charge in [-0.05, 0) is 18.2 Å². The van der Waals surface area contributed by atoms with Crippen molar-refractivity contribution >= 4 is 11.6 Å². The molecule has 1 heterocycles. The molecule has 0 saturated heterocycles. The predicted molar refractivity (Wildman–Crippen MR) is 54.8 cm³/mol. The first-order valence-electron chi connectivity index (χ1n) is 4.52. The lowest BCUT2D eigenvalue weighted by Crippen LogP contribution is -1.96. The van der Waals surface area contributed by atoms with E-state index in [-0.39, 0.29) is 11.6 Å². The van der Waals surface area contributed by atoms with Crippen LogP contribution < -0.4 is 4.74 Å². The lowest BCUT2D eigenvalue weighted by Gasteiger charge is -2.04. The Morgan fingerprint density at radius 2 is 2.25 bits per heavy atom. The van der Waals surface area contributed by atoms with E-state index in [1.807, 2.05) is 0 Å². The number of aromatic nitrogens is 2. The molecule has 0 saturated carbocycles. The van der Waals surface area contributed by atoms with Crippen LogP contribution in [0.1, 0.15) is 11.8 Å². The van der Waals surface area contributed by atoms with Gasteiger partial charge in [0, 0.05) is 6.92 Å². The molecule has 4 nitrogen and oxygen atoms in total. The summed E-state index contributed by atoms with van der Waals surface area (Å²) >= 11 is 5.77. The zero-order chi connectivity index (χ0) is 11.5. The van der Waals surface area contributed by atoms with Crippen LogP contribution in [0, 0.1) is 12.7 Å². The second-order valence-electron chi connectivity index (χ2n) is 3.08. The van der Waals surface area contributed by atoms with Crippen molar-refractivity contribution in [2.45, 2.75) is 13.5 Å². The first kappa shape index (κ1) is 10.9. The van der Waals surface area contributed by atoms with Gasteiger partial charge in [0.1, 0.15) is 11.6 Å². The van der Waals surface area contributed by atoms with E-state index in [0.717, 1.165) is 0 Å². The lowest BCUT2D eigenvalue weighted by atomic mass is 10.3. The van der Waals surface area contributed by atoms with Crippen molar-refractivity contribution in [1.82, 2.24) is 10.2 Å². The fraction of sp³-hybridized carbons (Fsp3) is 0.200. The fourth-order valence-corrected chi connectivity index (χ4v) is 1.35. The van der Waals surface area contributed by atoms with Crippen molar-refractivity contribution in [1.29, 1.82) is 0 Å². The summed E-state index contributed by atoms with van der Waals surface area (Å²) in [4.78, 5) is 0. The summed E-state index contributed by atoms with van der Waals surface area (Å²) in [6.45, 7) is 1.79. The molecule has 2 aromatic rings. The van der Waals surface area contributed by atoms with Crippen LogP contribution in [0.25, 0.3) is 0 Å². The highest BCUT2D eigenvalue weighted by molar-refractivity contribution is 6.32. The van der Waals surface area contributed by atoms with Gasteiger partial charge in [-0.3, -0.25) is 0 Å². The van der Waals surface area contributed by atoms with Crippen molar-refractivity contribution < 1.29 is 13.5 Å². The van der Waals surface area contributed by atoms with E-state index < -0.39 is 5.82 Å². The highest BCUT2D eigenvalue weighted by Crippen LogP contribution is 2.25. The molecule has 0 atom stereocenters. The highest BCUT2D eigenvalue weighted by atomic mass is 35.5. The summed E-state index contributed by atoms with van der Waals surface area (Å²) < 4.78 is 23.1. The SMILES string of the molecule is Cc1nnc(COc2ccc(F)cc2Cl)o1. The van der Waals surface area contributed by atoms with Crippen LogP contribution in [-0.4, -0.2) is 10.2 Å². The lowest BCUT2D eigenvalue weighted by molar-refractivity contribution is 0.260. The van der Waals surface area contributed by atoms with Crippen LogP contribution in [0.15, 0.2) is 22.6 Å². The number of nitrogens with zero attached hydrogens (tertiary/aromatic N) is 2. The van der Waals surface area contributed by atoms with Gasteiger partial charge in [0.25, 0.3) is 5.89 Å². The topological polar surface area (TPSA) is 48.2 Å². The van der Waals surface area contributed by atoms with E-state index in [4.69, 9.17) is 20.8 Å². The average molecular weight is 243 g/mol. The number of hydrogen-bond acceptors (Lipinski definition) is 4. The Labute approximate surface area is 96.0 Å². The number of aryl methyl sites for hydroxylation is 1. The maximum absolute atomic E-state index is 12.7. The predicted octanol–water partition coefficient (Wildman–Crippen LogP) is 2.75. The maximum Gasteiger partial charge on any atom is 0.253 e. The molecule has 0 radical (unpaired) electrons. The van der Waals surface area contributed by atoms with E-state index in [9.17, 15) is 4.39 Å². The summed E-state index contributed by atoms with van der Waals surface area (Å²) in [5.74, 6) is 0.770. The normalized spacial score (nSPS) is 10.4. The van der Waals surface area contributed by atoms with Gasteiger partial charge < -0.3 is 9.15 Å². The average Bonchev–Trinajstić information content (AvgIpc) is 2.63. The Balaban J connectivity index is 2.04. The Hall–Kier alpha value is -1.62. The molecule has 0 fully saturated rings. The number of rotatable bonds is 3. The zero-order valence-corrected chi connectivity index (χ0v) is 9.16. The smallest absolute Gasteiger partial charge is 0.253 e. The standard InChI is InChI=1S/C10H8ClFN2O2/c1-6-13-14-10(16-6)5-15-9-3-2-7(12)4-8(9)11/h2-4H,5H2,1H3. The van der Waals surface area contributed by atoms with Crippen molar-refractivity contribution in [3.05, 3.63) is 40.8 Å². The maximum atomic E-state index is 12.7. The summed E-state index contributed by atoms with van der Waals surface area (Å²) in [6, 6.07) is 3.89. The molecule has 6 heteroatoms. The van der Waals surface area contributed by atoms with Crippen molar-refractivity contribution in [3.8, 4) is 5.75 Å². The second kappa shape index (κ2) is 4.49. The largest absolute Gasteiger partial charge is 0.482 e. The Bertz CT molecular complexity index is 501. The van der Waals surface area contributed by atoms with E-state index in [1.165, 1.54) is 18.2 Å². The first-order chi connectivity index (χ1) is 7.65. The molecular formula is C10H8ClFN2O2. The first-order valence-corrected chi connectivity index (χ1v) is 4.90. The Morgan fingerprint density at radius 3 is 2.88 bits per heavy atom. The fourth-order valence-electron chi connectivity index (χ4n) is 1.13. The highest BCUT2D eigenvalue weighted by Gasteiger charge is 2.06. The Kier molecular flexibility index (Phi) is 3.05. The minimum absolute atomic E-state index is 0.103. The zero-order valence-electron chi connectivity index (χ0n) is 8.41. The van der Waals surface area contributed by atoms with Crippen molar-refractivity contribution in [3.63, 3.8) is 0 Å². The molecule has 0 unspecified atom stereocenters. The summed E-state index contributed by atoms with van der Waals surface area (Å²) in [7, 11) is 0. The molecule has 1 aromatic carbocycles. The molecule has 0 aliphatic heterocycles. The molecule has 84 valence electrons. The minimum atomic E-state index is -0.411. The van der Waals surface area contributed by atoms with E-state index >= 15 is 0 Å². The van der Waals surface area contributed by atoms with Crippen LogP contribution in [0.3, 0.4) is 0 Å². The van der Waals surface area contributed by atoms with Crippen LogP contribution in [0.4, 0.5) is 4.39 Å². The second-order valence-corrected chi connectivity index (χ2v) is 3.49. The van der Waals surface area contributed by atoms with Gasteiger partial charge in [0.05, 0.1) is 5.02 Å². The van der Waals surface area contributed by atoms with E-state index in [0.29, 0.717) is 17.5 Å². The van der Waals surface area contributed by atoms with Crippen LogP contribution in [-0.2, 0) is 6.61 Å². The van der Waals surface area contributed by atoms with Crippen LogP contribution >= 0.6 is 11.6 Å². The van der Waals surface area contributed by atoms with E-state index in [2.05, 4.69) is 10.2 Å². The van der Waals surface area contributed by atoms with Gasteiger partial charge >= 0.3 is 0 Å². The molecule has 1 aromatic heterocycles. The van der Waals surface area contributed by atoms with Crippen LogP contribution in [0.2, 0.25) is 5.02 Å². The molecular weight excluding hydrogens is 235 g/mol. The van der Waals surface area contributed by atoms with Gasteiger partial charge in [-0.1, -0.05) is 11.6 Å². The summed E-state index contributed by atoms with van der Waals surface area (Å²) in [5, 5.41) is 7.60. The monoisotopic (exact) mass is 242 g/mol. The molecule has 0 aliphatic carbocycles. The van der Waals surface area contributed by atoms with E-state index in [1.54, 1.807) is 6.92 Å². The molecule has 0 spiro atoms. The quantitative estimate of drug-likeness (QED) is 0.830. The van der Waals surface area contributed by atoms with Gasteiger partial charge in [-0.25, -0.2) is 4.39 Å². The molecule has 0 aliphatic rings. The Morgan fingerprint density at radius 1 is 1.44 bits per heavy atom. The third-order valence-electron chi connectivity index (χ3n) is 1.81. The third kappa shape index (κ3) is 2.49. The number of halogens is 2. The van der Waals surface area contributed by atoms with Gasteiger partial charge in [0.15, 0.2) is 6.61 Å². The van der Waals surface area contributed by atoms with Gasteiger partial charge in [-0.2, -0.15) is 0 Å². The van der Waals surface area contributed by atoms with Gasteiger partial charge in [0.2, 0.25) is 5.89 Å². The summed E-state index contributed by atoms with van der Waals surface area (Å²) in [5.41, 5.74) is 0. The number of hydrogen-bond donors (Lipinski definition) is 0. The van der Waals surface area contributed by atoms with Crippen molar-refractivity contribution in [2.24, 2.45) is 0 Å². The molecule has 0 N–H and O–H groups in total. The number of ether oxygens (including phenoxy) is 1. The van der Waals surface area contributed by atoms with Gasteiger partial charge in [-0.15, -0.1) is 10.2 Å². The minimum Gasteiger partial charge on any atom is -0.482 e. The van der Waals surface area contributed by atoms with Crippen LogP contribution in [0.5, 0.6) is 5.75 Å². The summed E-state index contributed by atoms with van der Waals surface area (Å²) in [6.07, 6.45) is 0. The molecule has 0 amide bonds. The molecule has 16 heavy (non-hydrogen) atoms. The molecule has 0 bridgehead atoms. The number of benzene rings is 1. The molecule has 2 rings (SSSR count). The third-order valence-corrected chi connectivity index (χ3v) is 2.11. The van der Waals surface area contributed by atoms with Crippen molar-refractivity contribution in [2.75, 3.05) is 0 Å².